The number of aryl methyl sites for hydroxylation is 1. The average molecular weight is 319 g/mol. The molecule has 2 aromatic rings. The molecular weight excluding hydrogens is 302 g/mol. The third-order valence-electron chi connectivity index (χ3n) is 3.49. The van der Waals surface area contributed by atoms with Crippen LogP contribution in [0.3, 0.4) is 0 Å². The van der Waals surface area contributed by atoms with E-state index in [1.54, 1.807) is 31.2 Å². The number of fused-ring (bicyclic) bond motifs is 1. The lowest BCUT2D eigenvalue weighted by atomic mass is 10.2. The Morgan fingerprint density at radius 3 is 2.52 bits per heavy atom. The highest BCUT2D eigenvalue weighted by atomic mass is 16.4. The molecule has 0 fully saturated rings. The molecule has 0 spiro atoms. The molecule has 1 amide bonds. The van der Waals surface area contributed by atoms with Crippen molar-refractivity contribution in [2.24, 2.45) is 0 Å². The largest absolute Gasteiger partial charge is 0.480 e. The lowest BCUT2D eigenvalue weighted by Crippen LogP contribution is -2.41. The van der Waals surface area contributed by atoms with Crippen molar-refractivity contribution >= 4 is 22.6 Å². The van der Waals surface area contributed by atoms with Gasteiger partial charge in [-0.3, -0.25) is 19.5 Å². The number of H-pyrrole nitrogens is 1. The minimum atomic E-state index is -1.11. The summed E-state index contributed by atoms with van der Waals surface area (Å²) in [4.78, 5) is 46.8. The van der Waals surface area contributed by atoms with Gasteiger partial charge in [-0.25, -0.2) is 9.48 Å². The van der Waals surface area contributed by atoms with Crippen molar-refractivity contribution in [3.8, 4) is 0 Å². The third kappa shape index (κ3) is 3.65. The molecule has 1 aromatic heterocycles. The lowest BCUT2D eigenvalue weighted by Gasteiger charge is -2.12. The van der Waals surface area contributed by atoms with E-state index in [1.165, 1.54) is 0 Å². The molecular formula is C15H17N3O5. The van der Waals surface area contributed by atoms with Gasteiger partial charge < -0.3 is 10.4 Å². The number of aliphatic carboxylic acids is 1. The van der Waals surface area contributed by atoms with E-state index in [4.69, 9.17) is 5.11 Å². The van der Waals surface area contributed by atoms with E-state index in [-0.39, 0.29) is 30.2 Å². The fourth-order valence-corrected chi connectivity index (χ4v) is 2.22. The fraction of sp³-hybridized carbons (Fsp3) is 0.333. The van der Waals surface area contributed by atoms with Crippen LogP contribution in [0.2, 0.25) is 0 Å². The van der Waals surface area contributed by atoms with Gasteiger partial charge in [-0.05, 0) is 18.6 Å². The molecule has 0 radical (unpaired) electrons. The second kappa shape index (κ2) is 6.91. The van der Waals surface area contributed by atoms with Crippen LogP contribution >= 0.6 is 0 Å². The molecule has 1 atom stereocenters. The summed E-state index contributed by atoms with van der Waals surface area (Å²) in [6, 6.07) is 5.44. The van der Waals surface area contributed by atoms with Crippen molar-refractivity contribution in [2.45, 2.75) is 32.4 Å². The highest BCUT2D eigenvalue weighted by molar-refractivity contribution is 5.83. The topological polar surface area (TPSA) is 121 Å². The monoisotopic (exact) mass is 319 g/mol. The van der Waals surface area contributed by atoms with Gasteiger partial charge in [0.25, 0.3) is 11.1 Å². The average Bonchev–Trinajstić information content (AvgIpc) is 2.54. The number of hydrogen-bond donors (Lipinski definition) is 3. The van der Waals surface area contributed by atoms with E-state index in [0.29, 0.717) is 0 Å². The predicted octanol–water partition coefficient (Wildman–Crippen LogP) is 0.0593. The number of hydrogen-bond acceptors (Lipinski definition) is 4. The van der Waals surface area contributed by atoms with Crippen LogP contribution in [-0.4, -0.2) is 32.8 Å². The highest BCUT2D eigenvalue weighted by Crippen LogP contribution is 2.02. The molecule has 0 saturated carbocycles. The summed E-state index contributed by atoms with van der Waals surface area (Å²) in [6.07, 6.45) is 0.145. The SMILES string of the molecule is CCC(NC(=O)CCn1[nH]c(=O)c2ccccc2c1=O)C(=O)O. The first-order valence-electron chi connectivity index (χ1n) is 7.18. The second-order valence-electron chi connectivity index (χ2n) is 5.06. The van der Waals surface area contributed by atoms with Gasteiger partial charge in [-0.2, -0.15) is 0 Å². The summed E-state index contributed by atoms with van der Waals surface area (Å²) in [5.41, 5.74) is -0.823. The zero-order chi connectivity index (χ0) is 17.0. The number of amides is 1. The van der Waals surface area contributed by atoms with Gasteiger partial charge in [0, 0.05) is 6.42 Å². The summed E-state index contributed by atoms with van der Waals surface area (Å²) in [6.45, 7) is 1.60. The molecule has 1 heterocycles. The van der Waals surface area contributed by atoms with Crippen molar-refractivity contribution in [2.75, 3.05) is 0 Å². The minimum absolute atomic E-state index is 0.0409. The van der Waals surface area contributed by atoms with Gasteiger partial charge in [0.2, 0.25) is 5.91 Å². The summed E-state index contributed by atoms with van der Waals surface area (Å²) in [7, 11) is 0. The smallest absolute Gasteiger partial charge is 0.326 e. The van der Waals surface area contributed by atoms with Gasteiger partial charge in [-0.1, -0.05) is 19.1 Å². The molecule has 0 bridgehead atoms. The minimum Gasteiger partial charge on any atom is -0.480 e. The van der Waals surface area contributed by atoms with Crippen molar-refractivity contribution in [1.82, 2.24) is 15.1 Å². The molecule has 23 heavy (non-hydrogen) atoms. The van der Waals surface area contributed by atoms with Crippen LogP contribution in [-0.2, 0) is 16.1 Å². The van der Waals surface area contributed by atoms with Crippen LogP contribution in [0.5, 0.6) is 0 Å². The highest BCUT2D eigenvalue weighted by Gasteiger charge is 2.17. The van der Waals surface area contributed by atoms with Gasteiger partial charge in [-0.15, -0.1) is 0 Å². The van der Waals surface area contributed by atoms with E-state index in [0.717, 1.165) is 4.68 Å². The fourth-order valence-electron chi connectivity index (χ4n) is 2.22. The second-order valence-corrected chi connectivity index (χ2v) is 5.06. The predicted molar refractivity (Wildman–Crippen MR) is 83.3 cm³/mol. The van der Waals surface area contributed by atoms with Crippen LogP contribution in [0.15, 0.2) is 33.9 Å². The Morgan fingerprint density at radius 1 is 1.26 bits per heavy atom. The first-order chi connectivity index (χ1) is 10.9. The summed E-state index contributed by atoms with van der Waals surface area (Å²) in [5, 5.41) is 14.2. The Bertz CT molecular complexity index is 852. The number of carboxylic acid groups (broad SMARTS) is 1. The molecule has 8 heteroatoms. The van der Waals surface area contributed by atoms with Crippen molar-refractivity contribution in [3.05, 3.63) is 45.0 Å². The molecule has 2 rings (SSSR count). The van der Waals surface area contributed by atoms with Gasteiger partial charge in [0.15, 0.2) is 0 Å². The molecule has 0 aliphatic carbocycles. The quantitative estimate of drug-likeness (QED) is 0.695. The first kappa shape index (κ1) is 16.5. The summed E-state index contributed by atoms with van der Waals surface area (Å²) >= 11 is 0. The van der Waals surface area contributed by atoms with Crippen LogP contribution in [0.1, 0.15) is 19.8 Å². The van der Waals surface area contributed by atoms with Crippen molar-refractivity contribution < 1.29 is 14.7 Å². The normalized spacial score (nSPS) is 12.0. The zero-order valence-electron chi connectivity index (χ0n) is 12.5. The molecule has 8 nitrogen and oxygen atoms in total. The van der Waals surface area contributed by atoms with E-state index < -0.39 is 29.0 Å². The number of rotatable bonds is 6. The van der Waals surface area contributed by atoms with Gasteiger partial charge in [0.05, 0.1) is 17.3 Å². The molecule has 3 N–H and O–H groups in total. The molecule has 122 valence electrons. The van der Waals surface area contributed by atoms with Crippen LogP contribution < -0.4 is 16.4 Å². The van der Waals surface area contributed by atoms with E-state index >= 15 is 0 Å². The maximum atomic E-state index is 12.2. The molecule has 0 aliphatic heterocycles. The maximum absolute atomic E-state index is 12.2. The maximum Gasteiger partial charge on any atom is 0.326 e. The molecule has 0 saturated heterocycles. The Kier molecular flexibility index (Phi) is 4.95. The van der Waals surface area contributed by atoms with Crippen molar-refractivity contribution in [1.29, 1.82) is 0 Å². The molecule has 1 unspecified atom stereocenters. The number of carbonyl (C=O) groups is 2. The Labute approximate surface area is 130 Å². The summed E-state index contributed by atoms with van der Waals surface area (Å²) < 4.78 is 1.06. The standard InChI is InChI=1S/C15H17N3O5/c1-2-11(15(22)23)16-12(19)7-8-18-14(21)10-6-4-3-5-9(10)13(20)17-18/h3-6,11H,2,7-8H2,1H3,(H,16,19)(H,17,20)(H,22,23). The molecule has 0 aliphatic rings. The number of carbonyl (C=O) groups excluding carboxylic acids is 1. The number of aromatic nitrogens is 2. The van der Waals surface area contributed by atoms with Crippen molar-refractivity contribution in [3.63, 3.8) is 0 Å². The van der Waals surface area contributed by atoms with E-state index in [1.807, 2.05) is 0 Å². The molecule has 1 aromatic carbocycles. The Morgan fingerprint density at radius 2 is 1.91 bits per heavy atom. The lowest BCUT2D eigenvalue weighted by molar-refractivity contribution is -0.141. The van der Waals surface area contributed by atoms with E-state index in [9.17, 15) is 19.2 Å². The number of carboxylic acids is 1. The Balaban J connectivity index is 2.15. The third-order valence-corrected chi connectivity index (χ3v) is 3.49. The number of benzene rings is 1. The number of nitrogens with zero attached hydrogens (tertiary/aromatic N) is 1. The van der Waals surface area contributed by atoms with Gasteiger partial charge >= 0.3 is 5.97 Å². The zero-order valence-corrected chi connectivity index (χ0v) is 12.5. The Hall–Kier alpha value is -2.90. The van der Waals surface area contributed by atoms with Gasteiger partial charge in [0.1, 0.15) is 6.04 Å². The van der Waals surface area contributed by atoms with Crippen LogP contribution in [0.25, 0.3) is 10.8 Å². The van der Waals surface area contributed by atoms with Crippen LogP contribution in [0.4, 0.5) is 0 Å². The first-order valence-corrected chi connectivity index (χ1v) is 7.18. The summed E-state index contributed by atoms with van der Waals surface area (Å²) in [5.74, 6) is -1.61. The number of nitrogens with one attached hydrogen (secondary N) is 2. The van der Waals surface area contributed by atoms with Crippen LogP contribution in [0, 0.1) is 0 Å². The van der Waals surface area contributed by atoms with E-state index in [2.05, 4.69) is 10.4 Å². The number of aromatic amines is 1.